The van der Waals surface area contributed by atoms with E-state index < -0.39 is 0 Å². The van der Waals surface area contributed by atoms with Gasteiger partial charge in [0.15, 0.2) is 5.82 Å². The Kier molecular flexibility index (Phi) is 6.37. The molecule has 0 saturated carbocycles. The predicted octanol–water partition coefficient (Wildman–Crippen LogP) is 5.24. The minimum atomic E-state index is -0.223. The van der Waals surface area contributed by atoms with Crippen molar-refractivity contribution in [3.63, 3.8) is 0 Å². The molecule has 0 N–H and O–H groups in total. The highest BCUT2D eigenvalue weighted by atomic mass is 35.5. The molecule has 30 heavy (non-hydrogen) atoms. The summed E-state index contributed by atoms with van der Waals surface area (Å²) in [4.78, 5) is 17.9. The van der Waals surface area contributed by atoms with Gasteiger partial charge < -0.3 is 4.74 Å². The minimum Gasteiger partial charge on any atom is -0.493 e. The van der Waals surface area contributed by atoms with Crippen LogP contribution >= 0.6 is 34.5 Å². The van der Waals surface area contributed by atoms with E-state index in [1.165, 1.54) is 15.9 Å². The summed E-state index contributed by atoms with van der Waals surface area (Å²) in [5.41, 5.74) is 1.27. The molecule has 0 aliphatic heterocycles. The Hall–Kier alpha value is -2.41. The minimum absolute atomic E-state index is 0.223. The van der Waals surface area contributed by atoms with Crippen LogP contribution in [-0.4, -0.2) is 21.2 Å². The maximum atomic E-state index is 12.9. The molecular weight excluding hydrogens is 441 g/mol. The SMILES string of the molecule is CCCCCOc1ccccc1/C=c1/sc2nc(-c3ccc(Cl)cc3Cl)nn2c1=O. The standard InChI is InChI=1S/C22H19Cl2N3O2S/c1-2-3-6-11-29-18-8-5-4-7-14(18)12-19-21(28)27-22(30-19)25-20(26-27)16-10-9-15(23)13-17(16)24/h4-5,7-10,12-13H,2-3,6,11H2,1H3/b19-12+. The molecular formula is C22H19Cl2N3O2S. The van der Waals surface area contributed by atoms with Gasteiger partial charge in [-0.3, -0.25) is 4.79 Å². The van der Waals surface area contributed by atoms with E-state index in [0.29, 0.717) is 37.5 Å². The van der Waals surface area contributed by atoms with Crippen LogP contribution in [0, 0.1) is 0 Å². The van der Waals surface area contributed by atoms with E-state index in [2.05, 4.69) is 17.0 Å². The average molecular weight is 460 g/mol. The zero-order valence-corrected chi connectivity index (χ0v) is 18.6. The van der Waals surface area contributed by atoms with Crippen molar-refractivity contribution in [2.24, 2.45) is 0 Å². The van der Waals surface area contributed by atoms with Gasteiger partial charge in [0, 0.05) is 16.1 Å². The molecule has 4 rings (SSSR count). The number of benzene rings is 2. The Morgan fingerprint density at radius 3 is 2.77 bits per heavy atom. The zero-order chi connectivity index (χ0) is 21.1. The number of ether oxygens (including phenoxy) is 1. The highest BCUT2D eigenvalue weighted by molar-refractivity contribution is 7.15. The highest BCUT2D eigenvalue weighted by Crippen LogP contribution is 2.28. The molecule has 4 aromatic rings. The summed E-state index contributed by atoms with van der Waals surface area (Å²) in [7, 11) is 0. The molecule has 0 aliphatic carbocycles. The average Bonchev–Trinajstić information content (AvgIpc) is 3.26. The molecule has 0 bridgehead atoms. The van der Waals surface area contributed by atoms with Gasteiger partial charge >= 0.3 is 0 Å². The van der Waals surface area contributed by atoms with Crippen LogP contribution in [0.15, 0.2) is 47.3 Å². The Labute approximate surface area is 187 Å². The number of halogens is 2. The fourth-order valence-corrected chi connectivity index (χ4v) is 4.42. The molecule has 0 fully saturated rings. The zero-order valence-electron chi connectivity index (χ0n) is 16.3. The van der Waals surface area contributed by atoms with Crippen LogP contribution in [0.4, 0.5) is 0 Å². The predicted molar refractivity (Wildman–Crippen MR) is 123 cm³/mol. The summed E-state index contributed by atoms with van der Waals surface area (Å²) in [5.74, 6) is 1.16. The van der Waals surface area contributed by atoms with Gasteiger partial charge in [0.05, 0.1) is 16.2 Å². The van der Waals surface area contributed by atoms with Gasteiger partial charge in [-0.2, -0.15) is 9.50 Å². The van der Waals surface area contributed by atoms with E-state index in [1.54, 1.807) is 18.2 Å². The fraction of sp³-hybridized carbons (Fsp3) is 0.227. The van der Waals surface area contributed by atoms with Crippen LogP contribution in [0.25, 0.3) is 22.4 Å². The number of fused-ring (bicyclic) bond motifs is 1. The van der Waals surface area contributed by atoms with E-state index in [9.17, 15) is 4.79 Å². The molecule has 0 aliphatic rings. The number of unbranched alkanes of at least 4 members (excludes halogenated alkanes) is 2. The number of nitrogens with zero attached hydrogens (tertiary/aromatic N) is 3. The molecule has 154 valence electrons. The van der Waals surface area contributed by atoms with Gasteiger partial charge in [-0.1, -0.05) is 72.5 Å². The van der Waals surface area contributed by atoms with Crippen molar-refractivity contribution in [2.75, 3.05) is 6.61 Å². The normalized spacial score (nSPS) is 12.0. The van der Waals surface area contributed by atoms with E-state index in [4.69, 9.17) is 27.9 Å². The molecule has 2 heterocycles. The van der Waals surface area contributed by atoms with Gasteiger partial charge in [-0.25, -0.2) is 0 Å². The number of aromatic nitrogens is 3. The van der Waals surface area contributed by atoms with Crippen LogP contribution in [0.5, 0.6) is 5.75 Å². The Bertz CT molecular complexity index is 1300. The molecule has 5 nitrogen and oxygen atoms in total. The number of hydrogen-bond acceptors (Lipinski definition) is 5. The lowest BCUT2D eigenvalue weighted by Gasteiger charge is -2.08. The van der Waals surface area contributed by atoms with Crippen molar-refractivity contribution in [1.82, 2.24) is 14.6 Å². The largest absolute Gasteiger partial charge is 0.493 e. The summed E-state index contributed by atoms with van der Waals surface area (Å²) in [6.07, 6.45) is 5.10. The maximum Gasteiger partial charge on any atom is 0.291 e. The third kappa shape index (κ3) is 4.36. The first-order chi connectivity index (χ1) is 14.6. The summed E-state index contributed by atoms with van der Waals surface area (Å²) >= 11 is 13.5. The van der Waals surface area contributed by atoms with E-state index >= 15 is 0 Å². The second-order valence-corrected chi connectivity index (χ2v) is 8.62. The van der Waals surface area contributed by atoms with E-state index in [1.807, 2.05) is 30.3 Å². The fourth-order valence-electron chi connectivity index (χ4n) is 3.03. The third-order valence-corrected chi connectivity index (χ3v) is 6.07. The van der Waals surface area contributed by atoms with Crippen molar-refractivity contribution >= 4 is 45.6 Å². The van der Waals surface area contributed by atoms with Crippen molar-refractivity contribution < 1.29 is 4.74 Å². The number of para-hydroxylation sites is 1. The summed E-state index contributed by atoms with van der Waals surface area (Å²) in [6, 6.07) is 12.8. The smallest absolute Gasteiger partial charge is 0.291 e. The summed E-state index contributed by atoms with van der Waals surface area (Å²) in [5, 5.41) is 5.32. The number of hydrogen-bond donors (Lipinski definition) is 0. The van der Waals surface area contributed by atoms with Gasteiger partial charge in [-0.15, -0.1) is 5.10 Å². The Balaban J connectivity index is 1.68. The molecule has 0 spiro atoms. The van der Waals surface area contributed by atoms with E-state index in [-0.39, 0.29) is 5.56 Å². The number of rotatable bonds is 7. The van der Waals surface area contributed by atoms with Crippen molar-refractivity contribution in [1.29, 1.82) is 0 Å². The lowest BCUT2D eigenvalue weighted by atomic mass is 10.2. The first kappa shape index (κ1) is 20.8. The first-order valence-electron chi connectivity index (χ1n) is 9.65. The lowest BCUT2D eigenvalue weighted by Crippen LogP contribution is -2.23. The maximum absolute atomic E-state index is 12.9. The van der Waals surface area contributed by atoms with Crippen LogP contribution in [-0.2, 0) is 0 Å². The van der Waals surface area contributed by atoms with Crippen LogP contribution in [0.1, 0.15) is 31.7 Å². The first-order valence-corrected chi connectivity index (χ1v) is 11.2. The molecule has 0 unspecified atom stereocenters. The Morgan fingerprint density at radius 1 is 1.17 bits per heavy atom. The number of thiazole rings is 1. The second-order valence-electron chi connectivity index (χ2n) is 6.76. The van der Waals surface area contributed by atoms with Gasteiger partial charge in [-0.05, 0) is 36.8 Å². The third-order valence-electron chi connectivity index (χ3n) is 4.56. The summed E-state index contributed by atoms with van der Waals surface area (Å²) < 4.78 is 7.77. The quantitative estimate of drug-likeness (QED) is 0.354. The molecule has 8 heteroatoms. The monoisotopic (exact) mass is 459 g/mol. The van der Waals surface area contributed by atoms with Crippen molar-refractivity contribution in [3.8, 4) is 17.1 Å². The topological polar surface area (TPSA) is 56.5 Å². The lowest BCUT2D eigenvalue weighted by molar-refractivity contribution is 0.305. The summed E-state index contributed by atoms with van der Waals surface area (Å²) in [6.45, 7) is 2.81. The van der Waals surface area contributed by atoms with E-state index in [0.717, 1.165) is 30.6 Å². The second kappa shape index (κ2) is 9.16. The van der Waals surface area contributed by atoms with Gasteiger partial charge in [0.1, 0.15) is 5.75 Å². The Morgan fingerprint density at radius 2 is 2.00 bits per heavy atom. The molecule has 2 aromatic carbocycles. The molecule has 0 saturated heterocycles. The molecule has 0 radical (unpaired) electrons. The van der Waals surface area contributed by atoms with Crippen LogP contribution < -0.4 is 14.8 Å². The molecule has 0 amide bonds. The van der Waals surface area contributed by atoms with Crippen LogP contribution in [0.2, 0.25) is 10.0 Å². The van der Waals surface area contributed by atoms with Crippen molar-refractivity contribution in [2.45, 2.75) is 26.2 Å². The molecule has 2 aromatic heterocycles. The van der Waals surface area contributed by atoms with Gasteiger partial charge in [0.2, 0.25) is 4.96 Å². The molecule has 0 atom stereocenters. The highest BCUT2D eigenvalue weighted by Gasteiger charge is 2.14. The van der Waals surface area contributed by atoms with Crippen molar-refractivity contribution in [3.05, 3.63) is 73.0 Å². The van der Waals surface area contributed by atoms with Crippen LogP contribution in [0.3, 0.4) is 0 Å². The van der Waals surface area contributed by atoms with Gasteiger partial charge in [0.25, 0.3) is 5.56 Å².